The first-order valence-corrected chi connectivity index (χ1v) is 8.32. The monoisotopic (exact) mass is 304 g/mol. The molecule has 122 valence electrons. The van der Waals surface area contributed by atoms with Gasteiger partial charge in [-0.3, -0.25) is 4.90 Å². The number of rotatable bonds is 4. The minimum absolute atomic E-state index is 0.347. The average molecular weight is 304 g/mol. The molecule has 1 aromatic carbocycles. The van der Waals surface area contributed by atoms with Gasteiger partial charge in [-0.1, -0.05) is 6.07 Å². The lowest BCUT2D eigenvalue weighted by molar-refractivity contribution is -0.0769. The summed E-state index contributed by atoms with van der Waals surface area (Å²) in [5.41, 5.74) is 10.2. The van der Waals surface area contributed by atoms with Crippen LogP contribution in [0.4, 0.5) is 0 Å². The smallest absolute Gasteiger partial charge is 0.122 e. The van der Waals surface area contributed by atoms with Crippen LogP contribution in [0.2, 0.25) is 0 Å². The van der Waals surface area contributed by atoms with Crippen molar-refractivity contribution in [3.05, 3.63) is 28.8 Å². The summed E-state index contributed by atoms with van der Waals surface area (Å²) in [6.45, 7) is 7.11. The Morgan fingerprint density at radius 3 is 2.50 bits per heavy atom. The molecule has 4 nitrogen and oxygen atoms in total. The second kappa shape index (κ2) is 6.57. The fourth-order valence-corrected chi connectivity index (χ4v) is 3.99. The highest BCUT2D eigenvalue weighted by atomic mass is 16.5. The first kappa shape index (κ1) is 15.8. The van der Waals surface area contributed by atoms with Gasteiger partial charge in [-0.15, -0.1) is 0 Å². The number of piperidine rings is 1. The number of methoxy groups -OCH3 is 1. The molecule has 0 aliphatic carbocycles. The third-order valence-electron chi connectivity index (χ3n) is 5.42. The Kier molecular flexibility index (Phi) is 4.71. The van der Waals surface area contributed by atoms with Gasteiger partial charge >= 0.3 is 0 Å². The molecule has 2 unspecified atom stereocenters. The van der Waals surface area contributed by atoms with E-state index in [0.717, 1.165) is 44.8 Å². The Bertz CT molecular complexity index is 518. The fraction of sp³-hybridized carbons (Fsp3) is 0.667. The molecule has 2 fully saturated rings. The molecule has 3 rings (SSSR count). The summed E-state index contributed by atoms with van der Waals surface area (Å²) in [7, 11) is 1.74. The van der Waals surface area contributed by atoms with Crippen molar-refractivity contribution >= 4 is 0 Å². The SMILES string of the molecule is COc1ccc(CCN2C3COCC2CC(N)C3)c(C)c1C. The zero-order chi connectivity index (χ0) is 15.7. The summed E-state index contributed by atoms with van der Waals surface area (Å²) >= 11 is 0. The Morgan fingerprint density at radius 1 is 1.18 bits per heavy atom. The van der Waals surface area contributed by atoms with E-state index >= 15 is 0 Å². The van der Waals surface area contributed by atoms with Gasteiger partial charge in [0.15, 0.2) is 0 Å². The number of morpholine rings is 1. The van der Waals surface area contributed by atoms with E-state index in [4.69, 9.17) is 15.2 Å². The van der Waals surface area contributed by atoms with Crippen LogP contribution in [0.15, 0.2) is 12.1 Å². The van der Waals surface area contributed by atoms with Crippen LogP contribution in [0.3, 0.4) is 0 Å². The molecule has 2 bridgehead atoms. The highest BCUT2D eigenvalue weighted by molar-refractivity contribution is 5.43. The van der Waals surface area contributed by atoms with Gasteiger partial charge < -0.3 is 15.2 Å². The molecule has 0 spiro atoms. The maximum Gasteiger partial charge on any atom is 0.122 e. The lowest BCUT2D eigenvalue weighted by Crippen LogP contribution is -2.59. The number of fused-ring (bicyclic) bond motifs is 2. The van der Waals surface area contributed by atoms with Crippen molar-refractivity contribution in [1.29, 1.82) is 0 Å². The molecule has 1 aromatic rings. The zero-order valence-electron chi connectivity index (χ0n) is 14.0. The molecule has 2 aliphatic rings. The minimum Gasteiger partial charge on any atom is -0.496 e. The number of ether oxygens (including phenoxy) is 2. The fourth-order valence-electron chi connectivity index (χ4n) is 3.99. The van der Waals surface area contributed by atoms with E-state index in [0.29, 0.717) is 18.1 Å². The van der Waals surface area contributed by atoms with Crippen LogP contribution in [0.5, 0.6) is 5.75 Å². The van der Waals surface area contributed by atoms with Gasteiger partial charge in [0.2, 0.25) is 0 Å². The molecule has 0 aromatic heterocycles. The van der Waals surface area contributed by atoms with E-state index in [2.05, 4.69) is 30.9 Å². The Morgan fingerprint density at radius 2 is 1.86 bits per heavy atom. The van der Waals surface area contributed by atoms with E-state index in [9.17, 15) is 0 Å². The molecule has 2 aliphatic heterocycles. The molecule has 4 heteroatoms. The van der Waals surface area contributed by atoms with E-state index < -0.39 is 0 Å². The number of nitrogens with zero attached hydrogens (tertiary/aromatic N) is 1. The van der Waals surface area contributed by atoms with Crippen molar-refractivity contribution in [2.45, 2.75) is 51.2 Å². The van der Waals surface area contributed by atoms with Crippen molar-refractivity contribution in [3.8, 4) is 5.75 Å². The topological polar surface area (TPSA) is 47.7 Å². The van der Waals surface area contributed by atoms with Crippen LogP contribution >= 0.6 is 0 Å². The molecule has 0 radical (unpaired) electrons. The van der Waals surface area contributed by atoms with Gasteiger partial charge in [0.1, 0.15) is 5.75 Å². The third kappa shape index (κ3) is 3.00. The average Bonchev–Trinajstić information content (AvgIpc) is 2.49. The van der Waals surface area contributed by atoms with Gasteiger partial charge in [0, 0.05) is 24.7 Å². The van der Waals surface area contributed by atoms with Crippen molar-refractivity contribution in [2.24, 2.45) is 5.73 Å². The molecule has 2 N–H and O–H groups in total. The quantitative estimate of drug-likeness (QED) is 0.925. The molecular weight excluding hydrogens is 276 g/mol. The van der Waals surface area contributed by atoms with E-state index in [-0.39, 0.29) is 0 Å². The van der Waals surface area contributed by atoms with Crippen LogP contribution in [-0.2, 0) is 11.2 Å². The van der Waals surface area contributed by atoms with Gasteiger partial charge in [-0.2, -0.15) is 0 Å². The number of hydrogen-bond acceptors (Lipinski definition) is 4. The summed E-state index contributed by atoms with van der Waals surface area (Å²) in [6.07, 6.45) is 3.22. The predicted molar refractivity (Wildman–Crippen MR) is 88.5 cm³/mol. The molecule has 2 heterocycles. The van der Waals surface area contributed by atoms with Crippen LogP contribution in [0, 0.1) is 13.8 Å². The van der Waals surface area contributed by atoms with Crippen molar-refractivity contribution in [1.82, 2.24) is 4.90 Å². The Balaban J connectivity index is 1.69. The summed E-state index contributed by atoms with van der Waals surface area (Å²) in [4.78, 5) is 2.63. The maximum absolute atomic E-state index is 6.17. The number of benzene rings is 1. The molecule has 2 saturated heterocycles. The van der Waals surface area contributed by atoms with Crippen LogP contribution in [0.25, 0.3) is 0 Å². The Labute approximate surface area is 133 Å². The summed E-state index contributed by atoms with van der Waals surface area (Å²) in [5.74, 6) is 0.982. The summed E-state index contributed by atoms with van der Waals surface area (Å²) < 4.78 is 11.1. The predicted octanol–water partition coefficient (Wildman–Crippen LogP) is 2.05. The van der Waals surface area contributed by atoms with E-state index in [1.165, 1.54) is 16.7 Å². The van der Waals surface area contributed by atoms with Gasteiger partial charge in [0.05, 0.1) is 20.3 Å². The van der Waals surface area contributed by atoms with Gasteiger partial charge in [-0.05, 0) is 55.9 Å². The lowest BCUT2D eigenvalue weighted by atomic mass is 9.90. The standard InChI is InChI=1S/C18H28N2O2/c1-12-13(2)18(21-3)5-4-14(12)6-7-20-16-8-15(19)9-17(20)11-22-10-16/h4-5,15-17H,6-11,19H2,1-3H3. The number of nitrogens with two attached hydrogens (primary N) is 1. The second-order valence-electron chi connectivity index (χ2n) is 6.74. The largest absolute Gasteiger partial charge is 0.496 e. The van der Waals surface area contributed by atoms with Crippen LogP contribution in [0.1, 0.15) is 29.5 Å². The van der Waals surface area contributed by atoms with Crippen LogP contribution in [-0.4, -0.2) is 49.9 Å². The van der Waals surface area contributed by atoms with Gasteiger partial charge in [0.25, 0.3) is 0 Å². The minimum atomic E-state index is 0.347. The maximum atomic E-state index is 6.17. The van der Waals surface area contributed by atoms with Crippen molar-refractivity contribution in [2.75, 3.05) is 26.9 Å². The molecule has 0 saturated carbocycles. The number of hydrogen-bond donors (Lipinski definition) is 1. The molecular formula is C18H28N2O2. The Hall–Kier alpha value is -1.10. The summed E-state index contributed by atoms with van der Waals surface area (Å²) in [5, 5.41) is 0. The van der Waals surface area contributed by atoms with Crippen molar-refractivity contribution in [3.63, 3.8) is 0 Å². The first-order chi connectivity index (χ1) is 10.6. The van der Waals surface area contributed by atoms with E-state index in [1.54, 1.807) is 7.11 Å². The van der Waals surface area contributed by atoms with Gasteiger partial charge in [-0.25, -0.2) is 0 Å². The highest BCUT2D eigenvalue weighted by Gasteiger charge is 2.37. The molecule has 22 heavy (non-hydrogen) atoms. The summed E-state index contributed by atoms with van der Waals surface area (Å²) in [6, 6.07) is 5.65. The van der Waals surface area contributed by atoms with Crippen molar-refractivity contribution < 1.29 is 9.47 Å². The third-order valence-corrected chi connectivity index (χ3v) is 5.42. The molecule has 0 amide bonds. The second-order valence-corrected chi connectivity index (χ2v) is 6.74. The molecule has 2 atom stereocenters. The van der Waals surface area contributed by atoms with E-state index in [1.807, 2.05) is 0 Å². The zero-order valence-corrected chi connectivity index (χ0v) is 14.0. The highest BCUT2D eigenvalue weighted by Crippen LogP contribution is 2.28. The first-order valence-electron chi connectivity index (χ1n) is 8.32. The van der Waals surface area contributed by atoms with Crippen LogP contribution < -0.4 is 10.5 Å². The normalized spacial score (nSPS) is 28.6. The lowest BCUT2D eigenvalue weighted by Gasteiger charge is -2.47.